The van der Waals surface area contributed by atoms with Gasteiger partial charge in [-0.05, 0) is 49.2 Å². The third kappa shape index (κ3) is 5.34. The zero-order chi connectivity index (χ0) is 21.8. The van der Waals surface area contributed by atoms with E-state index >= 15 is 0 Å². The summed E-state index contributed by atoms with van der Waals surface area (Å²) < 4.78 is 37.6. The van der Waals surface area contributed by atoms with Crippen molar-refractivity contribution in [1.82, 2.24) is 10.5 Å². The second-order valence-corrected chi connectivity index (χ2v) is 9.92. The Morgan fingerprint density at radius 1 is 1.13 bits per heavy atom. The highest BCUT2D eigenvalue weighted by atomic mass is 32.2. The van der Waals surface area contributed by atoms with Crippen molar-refractivity contribution in [2.45, 2.75) is 30.3 Å². The van der Waals surface area contributed by atoms with E-state index in [0.29, 0.717) is 25.2 Å². The summed E-state index contributed by atoms with van der Waals surface area (Å²) in [6.07, 6.45) is 7.54. The van der Waals surface area contributed by atoms with Crippen molar-refractivity contribution in [1.29, 1.82) is 0 Å². The van der Waals surface area contributed by atoms with Crippen molar-refractivity contribution < 1.29 is 17.6 Å². The third-order valence-corrected chi connectivity index (χ3v) is 6.78. The topological polar surface area (TPSA) is 74.8 Å². The lowest BCUT2D eigenvalue weighted by Gasteiger charge is -2.33. The van der Waals surface area contributed by atoms with Gasteiger partial charge in [0.1, 0.15) is 11.6 Å². The Morgan fingerprint density at radius 2 is 1.94 bits per heavy atom. The highest BCUT2D eigenvalue weighted by Crippen LogP contribution is 2.25. The van der Waals surface area contributed by atoms with Gasteiger partial charge in [0.15, 0.2) is 9.84 Å². The fourth-order valence-electron chi connectivity index (χ4n) is 3.86. The maximum absolute atomic E-state index is 14.4. The van der Waals surface area contributed by atoms with Crippen molar-refractivity contribution in [3.8, 4) is 0 Å². The van der Waals surface area contributed by atoms with Crippen LogP contribution in [0.2, 0.25) is 0 Å². The van der Waals surface area contributed by atoms with Crippen LogP contribution in [0.5, 0.6) is 0 Å². The smallest absolute Gasteiger partial charge is 0.175 e. The standard InChI is InChI=1S/C22H27FN4O3S/c1-31(28,29)19-5-6-21(20(23)16-19)26-12-7-17(8-13-26)25-30-18-9-14-27(15-10-18)22-4-2-3-11-24-22/h2-7,11,16,18,25H,8-10,12-15H2,1H3. The molecule has 1 saturated heterocycles. The molecule has 0 unspecified atom stereocenters. The van der Waals surface area contributed by atoms with Gasteiger partial charge in [-0.1, -0.05) is 6.07 Å². The number of nitrogens with zero attached hydrogens (tertiary/aromatic N) is 3. The van der Waals surface area contributed by atoms with E-state index in [9.17, 15) is 12.8 Å². The quantitative estimate of drug-likeness (QED) is 0.684. The molecular weight excluding hydrogens is 419 g/mol. The molecule has 0 spiro atoms. The Bertz CT molecular complexity index is 1040. The van der Waals surface area contributed by atoms with E-state index in [-0.39, 0.29) is 11.0 Å². The molecule has 166 valence electrons. The molecule has 0 bridgehead atoms. The Balaban J connectivity index is 1.26. The number of benzene rings is 1. The highest BCUT2D eigenvalue weighted by molar-refractivity contribution is 7.90. The molecule has 1 N–H and O–H groups in total. The van der Waals surface area contributed by atoms with Gasteiger partial charge in [-0.15, -0.1) is 0 Å². The number of piperidine rings is 1. The van der Waals surface area contributed by atoms with Gasteiger partial charge in [0, 0.05) is 50.7 Å². The largest absolute Gasteiger partial charge is 0.365 e. The SMILES string of the molecule is CS(=O)(=O)c1ccc(N2CC=C(NOC3CCN(c4ccccn4)CC3)CC2)c(F)c1. The maximum Gasteiger partial charge on any atom is 0.175 e. The van der Waals surface area contributed by atoms with Crippen molar-refractivity contribution in [2.75, 3.05) is 42.2 Å². The second kappa shape index (κ2) is 9.23. The number of pyridine rings is 1. The number of halogens is 1. The van der Waals surface area contributed by atoms with Gasteiger partial charge >= 0.3 is 0 Å². The molecule has 1 fully saturated rings. The van der Waals surface area contributed by atoms with Gasteiger partial charge in [0.25, 0.3) is 0 Å². The zero-order valence-electron chi connectivity index (χ0n) is 17.5. The summed E-state index contributed by atoms with van der Waals surface area (Å²) in [4.78, 5) is 14.4. The van der Waals surface area contributed by atoms with Crippen LogP contribution in [0.1, 0.15) is 19.3 Å². The number of hydroxylamine groups is 1. The number of hydrogen-bond acceptors (Lipinski definition) is 7. The van der Waals surface area contributed by atoms with Crippen LogP contribution in [-0.4, -0.2) is 51.9 Å². The monoisotopic (exact) mass is 446 g/mol. The zero-order valence-corrected chi connectivity index (χ0v) is 18.3. The number of rotatable bonds is 6. The fraction of sp³-hybridized carbons (Fsp3) is 0.409. The van der Waals surface area contributed by atoms with E-state index in [1.54, 1.807) is 0 Å². The first-order valence-corrected chi connectivity index (χ1v) is 12.3. The van der Waals surface area contributed by atoms with Crippen LogP contribution in [0.25, 0.3) is 0 Å². The molecule has 1 aromatic heterocycles. The van der Waals surface area contributed by atoms with E-state index < -0.39 is 15.7 Å². The molecule has 2 aromatic rings. The van der Waals surface area contributed by atoms with E-state index in [4.69, 9.17) is 4.84 Å². The lowest BCUT2D eigenvalue weighted by atomic mass is 10.1. The Labute approximate surface area is 182 Å². The van der Waals surface area contributed by atoms with Gasteiger partial charge in [-0.3, -0.25) is 10.3 Å². The minimum absolute atomic E-state index is 0.00819. The van der Waals surface area contributed by atoms with Crippen molar-refractivity contribution in [3.05, 3.63) is 60.2 Å². The van der Waals surface area contributed by atoms with Gasteiger partial charge in [0.2, 0.25) is 0 Å². The molecule has 0 saturated carbocycles. The molecule has 4 rings (SSSR count). The molecule has 7 nitrogen and oxygen atoms in total. The maximum atomic E-state index is 14.4. The lowest BCUT2D eigenvalue weighted by molar-refractivity contribution is -0.0216. The molecular formula is C22H27FN4O3S. The number of hydrogen-bond donors (Lipinski definition) is 1. The Kier molecular flexibility index (Phi) is 6.43. The number of aromatic nitrogens is 1. The van der Waals surface area contributed by atoms with Gasteiger partial charge < -0.3 is 9.80 Å². The summed E-state index contributed by atoms with van der Waals surface area (Å²) in [6, 6.07) is 10.0. The molecule has 3 heterocycles. The number of sulfone groups is 1. The van der Waals surface area contributed by atoms with Gasteiger partial charge in [0.05, 0.1) is 16.7 Å². The molecule has 0 amide bonds. The van der Waals surface area contributed by atoms with Gasteiger partial charge in [-0.2, -0.15) is 0 Å². The van der Waals surface area contributed by atoms with E-state index in [0.717, 1.165) is 49.8 Å². The van der Waals surface area contributed by atoms with E-state index in [2.05, 4.69) is 15.4 Å². The molecule has 31 heavy (non-hydrogen) atoms. The predicted molar refractivity (Wildman–Crippen MR) is 118 cm³/mol. The lowest BCUT2D eigenvalue weighted by Crippen LogP contribution is -2.40. The van der Waals surface area contributed by atoms with Crippen LogP contribution in [0.15, 0.2) is 59.3 Å². The van der Waals surface area contributed by atoms with Crippen molar-refractivity contribution >= 4 is 21.3 Å². The van der Waals surface area contributed by atoms with Crippen molar-refractivity contribution in [2.24, 2.45) is 0 Å². The van der Waals surface area contributed by atoms with Crippen LogP contribution in [-0.2, 0) is 14.7 Å². The first kappa shape index (κ1) is 21.6. The van der Waals surface area contributed by atoms with Gasteiger partial charge in [-0.25, -0.2) is 17.8 Å². The first-order chi connectivity index (χ1) is 14.9. The van der Waals surface area contributed by atoms with Crippen LogP contribution in [0.4, 0.5) is 15.9 Å². The average Bonchev–Trinajstić information content (AvgIpc) is 2.78. The summed E-state index contributed by atoms with van der Waals surface area (Å²) in [5.41, 5.74) is 4.48. The molecule has 0 atom stereocenters. The minimum atomic E-state index is -3.42. The summed E-state index contributed by atoms with van der Waals surface area (Å²) in [5.74, 6) is 0.476. The molecule has 2 aliphatic heterocycles. The summed E-state index contributed by atoms with van der Waals surface area (Å²) in [7, 11) is -3.42. The molecule has 9 heteroatoms. The van der Waals surface area contributed by atoms with Crippen LogP contribution in [0, 0.1) is 5.82 Å². The second-order valence-electron chi connectivity index (χ2n) is 7.91. The van der Waals surface area contributed by atoms with E-state index in [1.807, 2.05) is 35.4 Å². The summed E-state index contributed by atoms with van der Waals surface area (Å²) in [6.45, 7) is 2.95. The first-order valence-electron chi connectivity index (χ1n) is 10.4. The molecule has 0 radical (unpaired) electrons. The molecule has 2 aliphatic rings. The van der Waals surface area contributed by atoms with Crippen molar-refractivity contribution in [3.63, 3.8) is 0 Å². The number of nitrogens with one attached hydrogen (secondary N) is 1. The molecule has 0 aliphatic carbocycles. The Morgan fingerprint density at radius 3 is 2.55 bits per heavy atom. The highest BCUT2D eigenvalue weighted by Gasteiger charge is 2.22. The third-order valence-electron chi connectivity index (χ3n) is 5.67. The van der Waals surface area contributed by atoms with E-state index in [1.165, 1.54) is 12.1 Å². The van der Waals surface area contributed by atoms with Crippen LogP contribution < -0.4 is 15.3 Å². The number of anilines is 2. The minimum Gasteiger partial charge on any atom is -0.365 e. The average molecular weight is 447 g/mol. The van der Waals surface area contributed by atoms with Crippen LogP contribution >= 0.6 is 0 Å². The molecule has 1 aromatic carbocycles. The fourth-order valence-corrected chi connectivity index (χ4v) is 4.49. The Hall–Kier alpha value is -2.65. The summed E-state index contributed by atoms with van der Waals surface area (Å²) in [5, 5.41) is 0. The van der Waals surface area contributed by atoms with Crippen LogP contribution in [0.3, 0.4) is 0 Å². The predicted octanol–water partition coefficient (Wildman–Crippen LogP) is 2.91. The summed E-state index contributed by atoms with van der Waals surface area (Å²) >= 11 is 0. The normalized spacial score (nSPS) is 18.1.